The number of hydrogen-bond donors (Lipinski definition) is 1. The SMILES string of the molecule is CCN(CC)c1ncc(CNC2(C)CCS(=O)(=O)C2)s1. The summed E-state index contributed by atoms with van der Waals surface area (Å²) in [6.45, 7) is 8.81. The molecule has 0 radical (unpaired) electrons. The Morgan fingerprint density at radius 1 is 1.45 bits per heavy atom. The summed E-state index contributed by atoms with van der Waals surface area (Å²) in [5.74, 6) is 0.533. The molecule has 0 aliphatic carbocycles. The van der Waals surface area contributed by atoms with Crippen LogP contribution in [-0.2, 0) is 16.4 Å². The van der Waals surface area contributed by atoms with Gasteiger partial charge in [0.1, 0.15) is 0 Å². The van der Waals surface area contributed by atoms with E-state index in [9.17, 15) is 8.42 Å². The summed E-state index contributed by atoms with van der Waals surface area (Å²) >= 11 is 1.67. The Labute approximate surface area is 125 Å². The minimum atomic E-state index is -2.86. The van der Waals surface area contributed by atoms with Crippen molar-refractivity contribution in [1.29, 1.82) is 0 Å². The van der Waals surface area contributed by atoms with Crippen LogP contribution in [0.4, 0.5) is 5.13 Å². The lowest BCUT2D eigenvalue weighted by Gasteiger charge is -2.23. The summed E-state index contributed by atoms with van der Waals surface area (Å²) in [5.41, 5.74) is -0.293. The maximum absolute atomic E-state index is 11.6. The molecule has 20 heavy (non-hydrogen) atoms. The van der Waals surface area contributed by atoms with Crippen molar-refractivity contribution in [3.05, 3.63) is 11.1 Å². The van der Waals surface area contributed by atoms with Crippen LogP contribution in [0, 0.1) is 0 Å². The number of rotatable bonds is 6. The van der Waals surface area contributed by atoms with Gasteiger partial charge in [-0.05, 0) is 27.2 Å². The van der Waals surface area contributed by atoms with Gasteiger partial charge in [0.05, 0.1) is 11.5 Å². The quantitative estimate of drug-likeness (QED) is 0.864. The second-order valence-electron chi connectivity index (χ2n) is 5.54. The standard InChI is InChI=1S/C13H23N3O2S2/c1-4-16(5-2)12-14-8-11(19-12)9-15-13(3)6-7-20(17,18)10-13/h8,15H,4-7,9-10H2,1-3H3. The number of thiazole rings is 1. The number of nitrogens with zero attached hydrogens (tertiary/aromatic N) is 2. The third-order valence-corrected chi connectivity index (χ3v) is 6.73. The Hall–Kier alpha value is -0.660. The zero-order chi connectivity index (χ0) is 14.8. The van der Waals surface area contributed by atoms with Crippen molar-refractivity contribution < 1.29 is 8.42 Å². The molecule has 1 aliphatic rings. The molecule has 0 saturated carbocycles. The fourth-order valence-electron chi connectivity index (χ4n) is 2.47. The van der Waals surface area contributed by atoms with E-state index >= 15 is 0 Å². The van der Waals surface area contributed by atoms with E-state index in [0.29, 0.717) is 18.7 Å². The lowest BCUT2D eigenvalue weighted by molar-refractivity contribution is 0.397. The Morgan fingerprint density at radius 2 is 2.15 bits per heavy atom. The second-order valence-corrected chi connectivity index (χ2v) is 8.82. The summed E-state index contributed by atoms with van der Waals surface area (Å²) in [6, 6.07) is 0. The molecule has 0 aromatic carbocycles. The molecule has 0 spiro atoms. The van der Waals surface area contributed by atoms with Gasteiger partial charge in [-0.2, -0.15) is 0 Å². The third-order valence-electron chi connectivity index (χ3n) is 3.77. The average molecular weight is 317 g/mol. The zero-order valence-electron chi connectivity index (χ0n) is 12.3. The van der Waals surface area contributed by atoms with Crippen molar-refractivity contribution in [2.24, 2.45) is 0 Å². The first-order valence-electron chi connectivity index (χ1n) is 7.02. The van der Waals surface area contributed by atoms with Crippen LogP contribution in [0.1, 0.15) is 32.1 Å². The van der Waals surface area contributed by atoms with Gasteiger partial charge in [0.2, 0.25) is 0 Å². The summed E-state index contributed by atoms with van der Waals surface area (Å²) in [7, 11) is -2.86. The van der Waals surface area contributed by atoms with E-state index in [1.807, 2.05) is 13.1 Å². The summed E-state index contributed by atoms with van der Waals surface area (Å²) in [4.78, 5) is 7.81. The van der Waals surface area contributed by atoms with Crippen molar-refractivity contribution in [2.75, 3.05) is 29.5 Å². The number of hydrogen-bond acceptors (Lipinski definition) is 6. The zero-order valence-corrected chi connectivity index (χ0v) is 14.0. The van der Waals surface area contributed by atoms with E-state index in [0.717, 1.165) is 23.1 Å². The summed E-state index contributed by atoms with van der Waals surface area (Å²) < 4.78 is 23.1. The molecule has 2 rings (SSSR count). The summed E-state index contributed by atoms with van der Waals surface area (Å²) in [6.07, 6.45) is 2.58. The van der Waals surface area contributed by atoms with Crippen LogP contribution in [0.5, 0.6) is 0 Å². The van der Waals surface area contributed by atoms with E-state index in [-0.39, 0.29) is 11.3 Å². The number of sulfone groups is 1. The van der Waals surface area contributed by atoms with Crippen molar-refractivity contribution in [2.45, 2.75) is 39.3 Å². The molecule has 2 heterocycles. The van der Waals surface area contributed by atoms with Crippen LogP contribution >= 0.6 is 11.3 Å². The third kappa shape index (κ3) is 3.71. The highest BCUT2D eigenvalue weighted by Gasteiger charge is 2.37. The Kier molecular flexibility index (Phi) is 4.71. The predicted molar refractivity (Wildman–Crippen MR) is 84.2 cm³/mol. The van der Waals surface area contributed by atoms with Gasteiger partial charge in [-0.15, -0.1) is 11.3 Å². The van der Waals surface area contributed by atoms with Gasteiger partial charge in [0.15, 0.2) is 15.0 Å². The lowest BCUT2D eigenvalue weighted by atomic mass is 10.0. The van der Waals surface area contributed by atoms with Gasteiger partial charge in [-0.1, -0.05) is 0 Å². The van der Waals surface area contributed by atoms with Crippen LogP contribution in [0.2, 0.25) is 0 Å². The molecule has 1 unspecified atom stereocenters. The molecule has 1 saturated heterocycles. The van der Waals surface area contributed by atoms with Gasteiger partial charge < -0.3 is 10.2 Å². The fourth-order valence-corrected chi connectivity index (χ4v) is 5.57. The Bertz CT molecular complexity index is 552. The topological polar surface area (TPSA) is 62.3 Å². The molecule has 7 heteroatoms. The van der Waals surface area contributed by atoms with E-state index in [1.165, 1.54) is 0 Å². The minimum Gasteiger partial charge on any atom is -0.349 e. The maximum Gasteiger partial charge on any atom is 0.185 e. The van der Waals surface area contributed by atoms with Crippen LogP contribution in [0.3, 0.4) is 0 Å². The van der Waals surface area contributed by atoms with Gasteiger partial charge >= 0.3 is 0 Å². The molecule has 1 aromatic heterocycles. The van der Waals surface area contributed by atoms with Crippen LogP contribution in [-0.4, -0.2) is 43.5 Å². The monoisotopic (exact) mass is 317 g/mol. The highest BCUT2D eigenvalue weighted by atomic mass is 32.2. The molecule has 1 atom stereocenters. The number of aromatic nitrogens is 1. The van der Waals surface area contributed by atoms with Gasteiger partial charge in [0.25, 0.3) is 0 Å². The molecule has 0 bridgehead atoms. The first-order chi connectivity index (χ1) is 9.37. The van der Waals surface area contributed by atoms with E-state index in [4.69, 9.17) is 0 Å². The van der Waals surface area contributed by atoms with Crippen LogP contribution in [0.25, 0.3) is 0 Å². The summed E-state index contributed by atoms with van der Waals surface area (Å²) in [5, 5.41) is 4.43. The number of anilines is 1. The first kappa shape index (κ1) is 15.7. The smallest absolute Gasteiger partial charge is 0.185 e. The minimum absolute atomic E-state index is 0.238. The van der Waals surface area contributed by atoms with E-state index in [2.05, 4.69) is 29.0 Å². The van der Waals surface area contributed by atoms with Crippen molar-refractivity contribution in [1.82, 2.24) is 10.3 Å². The largest absolute Gasteiger partial charge is 0.349 e. The van der Waals surface area contributed by atoms with Crippen LogP contribution in [0.15, 0.2) is 6.20 Å². The molecule has 1 N–H and O–H groups in total. The fraction of sp³-hybridized carbons (Fsp3) is 0.769. The highest BCUT2D eigenvalue weighted by molar-refractivity contribution is 7.91. The van der Waals surface area contributed by atoms with E-state index in [1.54, 1.807) is 11.3 Å². The molecule has 114 valence electrons. The molecular weight excluding hydrogens is 294 g/mol. The van der Waals surface area contributed by atoms with E-state index < -0.39 is 9.84 Å². The molecule has 1 aliphatic heterocycles. The molecule has 1 aromatic rings. The van der Waals surface area contributed by atoms with Gasteiger partial charge in [0, 0.05) is 36.2 Å². The van der Waals surface area contributed by atoms with Crippen LogP contribution < -0.4 is 10.2 Å². The van der Waals surface area contributed by atoms with Crippen molar-refractivity contribution >= 4 is 26.3 Å². The first-order valence-corrected chi connectivity index (χ1v) is 9.66. The Morgan fingerprint density at radius 3 is 2.70 bits per heavy atom. The van der Waals surface area contributed by atoms with Gasteiger partial charge in [-0.25, -0.2) is 13.4 Å². The predicted octanol–water partition coefficient (Wildman–Crippen LogP) is 1.66. The molecular formula is C13H23N3O2S2. The molecule has 0 amide bonds. The average Bonchev–Trinajstić information content (AvgIpc) is 2.94. The maximum atomic E-state index is 11.6. The molecule has 1 fully saturated rings. The second kappa shape index (κ2) is 5.99. The molecule has 5 nitrogen and oxygen atoms in total. The lowest BCUT2D eigenvalue weighted by Crippen LogP contribution is -2.42. The normalized spacial score (nSPS) is 24.9. The Balaban J connectivity index is 1.95. The van der Waals surface area contributed by atoms with Crippen molar-refractivity contribution in [3.63, 3.8) is 0 Å². The number of nitrogens with one attached hydrogen (secondary N) is 1. The van der Waals surface area contributed by atoms with Crippen molar-refractivity contribution in [3.8, 4) is 0 Å². The van der Waals surface area contributed by atoms with Gasteiger partial charge in [-0.3, -0.25) is 0 Å². The highest BCUT2D eigenvalue weighted by Crippen LogP contribution is 2.26.